The van der Waals surface area contributed by atoms with Crippen LogP contribution in [0.1, 0.15) is 68.4 Å². The first-order valence-corrected chi connectivity index (χ1v) is 12.8. The Kier molecular flexibility index (Phi) is 8.76. The second kappa shape index (κ2) is 12.2. The summed E-state index contributed by atoms with van der Waals surface area (Å²) >= 11 is 0. The average molecular weight is 479 g/mol. The molecule has 35 heavy (non-hydrogen) atoms. The van der Waals surface area contributed by atoms with Crippen LogP contribution < -0.4 is 9.47 Å². The summed E-state index contributed by atoms with van der Waals surface area (Å²) in [5.41, 5.74) is 1.49. The lowest BCUT2D eigenvalue weighted by atomic mass is 9.77. The third-order valence-corrected chi connectivity index (χ3v) is 7.50. The van der Waals surface area contributed by atoms with Gasteiger partial charge in [0.15, 0.2) is 11.5 Å². The van der Waals surface area contributed by atoms with Crippen molar-refractivity contribution >= 4 is 5.78 Å². The van der Waals surface area contributed by atoms with Gasteiger partial charge in [-0.15, -0.1) is 0 Å². The van der Waals surface area contributed by atoms with E-state index in [1.54, 1.807) is 6.07 Å². The van der Waals surface area contributed by atoms with E-state index in [1.165, 1.54) is 25.7 Å². The van der Waals surface area contributed by atoms with E-state index in [4.69, 9.17) is 9.47 Å². The molecule has 0 N–H and O–H groups in total. The summed E-state index contributed by atoms with van der Waals surface area (Å²) in [5, 5.41) is 9.66. The van der Waals surface area contributed by atoms with Gasteiger partial charge in [0.25, 0.3) is 0 Å². The van der Waals surface area contributed by atoms with Crippen molar-refractivity contribution in [2.75, 3.05) is 26.7 Å². The monoisotopic (exact) mass is 478 g/mol. The molecule has 1 atom stereocenters. The van der Waals surface area contributed by atoms with Crippen molar-refractivity contribution in [3.05, 3.63) is 59.4 Å². The Labute approximate surface area is 207 Å². The Balaban J connectivity index is 1.37. The van der Waals surface area contributed by atoms with Gasteiger partial charge in [-0.3, -0.25) is 4.79 Å². The van der Waals surface area contributed by atoms with Crippen LogP contribution in [0.4, 0.5) is 4.39 Å². The van der Waals surface area contributed by atoms with Crippen molar-refractivity contribution in [2.24, 2.45) is 5.92 Å². The number of methoxy groups -OCH3 is 1. The smallest absolute Gasteiger partial charge is 0.163 e. The van der Waals surface area contributed by atoms with Crippen LogP contribution in [-0.2, 0) is 4.79 Å². The molecule has 1 saturated carbocycles. The lowest BCUT2D eigenvalue weighted by Gasteiger charge is -2.33. The van der Waals surface area contributed by atoms with Crippen LogP contribution >= 0.6 is 0 Å². The first kappa shape index (κ1) is 25.2. The lowest BCUT2D eigenvalue weighted by molar-refractivity contribution is -0.125. The summed E-state index contributed by atoms with van der Waals surface area (Å²) in [6.07, 6.45) is 7.89. The van der Waals surface area contributed by atoms with Gasteiger partial charge in [0.05, 0.1) is 18.7 Å². The number of nitrogens with zero attached hydrogens (tertiary/aromatic N) is 2. The van der Waals surface area contributed by atoms with Gasteiger partial charge in [0.2, 0.25) is 0 Å². The minimum absolute atomic E-state index is 0.0459. The van der Waals surface area contributed by atoms with Crippen LogP contribution in [0.2, 0.25) is 0 Å². The minimum atomic E-state index is -0.348. The fraction of sp³-hybridized carbons (Fsp3) is 0.517. The number of Topliss-reactive ketones (excluding diaryl/α,β-unsaturated/α-hetero) is 1. The molecular formula is C29H35FN2O3. The van der Waals surface area contributed by atoms with E-state index >= 15 is 0 Å². The zero-order valence-electron chi connectivity index (χ0n) is 20.5. The van der Waals surface area contributed by atoms with E-state index in [1.807, 2.05) is 24.3 Å². The molecule has 1 unspecified atom stereocenters. The van der Waals surface area contributed by atoms with E-state index in [2.05, 4.69) is 11.0 Å². The van der Waals surface area contributed by atoms with Crippen LogP contribution in [0.15, 0.2) is 42.5 Å². The molecule has 1 heterocycles. The number of carbonyl (C=O) groups excluding carboxylic acids is 1. The Bertz CT molecular complexity index is 1040. The Morgan fingerprint density at radius 2 is 1.83 bits per heavy atom. The lowest BCUT2D eigenvalue weighted by Crippen LogP contribution is -2.39. The van der Waals surface area contributed by atoms with Gasteiger partial charge in [0, 0.05) is 31.0 Å². The molecule has 0 radical (unpaired) electrons. The number of nitriles is 1. The molecule has 2 aliphatic rings. The third kappa shape index (κ3) is 6.41. The molecular weight excluding hydrogens is 443 g/mol. The summed E-state index contributed by atoms with van der Waals surface area (Å²) in [5.74, 6) is 0.830. The highest BCUT2D eigenvalue weighted by atomic mass is 19.1. The number of halogens is 1. The summed E-state index contributed by atoms with van der Waals surface area (Å²) in [6, 6.07) is 14.2. The summed E-state index contributed by atoms with van der Waals surface area (Å²) in [4.78, 5) is 16.0. The molecule has 0 aromatic heterocycles. The molecule has 0 bridgehead atoms. The molecule has 4 rings (SSSR count). The molecule has 6 heteroatoms. The van der Waals surface area contributed by atoms with E-state index < -0.39 is 0 Å². The molecule has 5 nitrogen and oxygen atoms in total. The predicted octanol–water partition coefficient (Wildman–Crippen LogP) is 5.87. The molecule has 0 amide bonds. The number of ether oxygens (including phenoxy) is 2. The maximum Gasteiger partial charge on any atom is 0.163 e. The average Bonchev–Trinajstić information content (AvgIpc) is 2.91. The van der Waals surface area contributed by atoms with E-state index in [0.29, 0.717) is 22.8 Å². The number of carbonyl (C=O) groups is 1. The van der Waals surface area contributed by atoms with Gasteiger partial charge >= 0.3 is 0 Å². The van der Waals surface area contributed by atoms with E-state index in [-0.39, 0.29) is 23.8 Å². The number of hydrogen-bond acceptors (Lipinski definition) is 5. The van der Waals surface area contributed by atoms with Crippen LogP contribution in [0.25, 0.3) is 0 Å². The van der Waals surface area contributed by atoms with Crippen molar-refractivity contribution in [3.8, 4) is 17.6 Å². The number of rotatable bonds is 9. The molecule has 1 saturated heterocycles. The zero-order chi connectivity index (χ0) is 24.6. The number of piperidine rings is 1. The van der Waals surface area contributed by atoms with E-state index in [9.17, 15) is 14.4 Å². The first-order valence-electron chi connectivity index (χ1n) is 12.8. The number of likely N-dealkylation sites (tertiary alicyclic amines) is 1. The normalized spacial score (nSPS) is 18.5. The largest absolute Gasteiger partial charge is 0.493 e. The standard InChI is InChI=1S/C29H35FN2O3/c1-34-28-19-23(30)11-12-27(28)35-24-13-16-32(17-14-24)18-15-26(25-10-6-5-9-22(25)20-31)29(33)21-7-3-2-4-8-21/h5-6,9-12,19,21,24,26H,2-4,7-8,13-18H2,1H3. The van der Waals surface area contributed by atoms with Crippen molar-refractivity contribution in [3.63, 3.8) is 0 Å². The summed E-state index contributed by atoms with van der Waals surface area (Å²) < 4.78 is 24.8. The Hall–Kier alpha value is -2.91. The highest BCUT2D eigenvalue weighted by Crippen LogP contribution is 2.34. The quantitative estimate of drug-likeness (QED) is 0.451. The fourth-order valence-electron chi connectivity index (χ4n) is 5.51. The Morgan fingerprint density at radius 1 is 1.09 bits per heavy atom. The van der Waals surface area contributed by atoms with Crippen LogP contribution in [0, 0.1) is 23.1 Å². The second-order valence-corrected chi connectivity index (χ2v) is 9.73. The third-order valence-electron chi connectivity index (χ3n) is 7.50. The zero-order valence-corrected chi connectivity index (χ0v) is 20.5. The molecule has 2 aromatic carbocycles. The fourth-order valence-corrected chi connectivity index (χ4v) is 5.51. The van der Waals surface area contributed by atoms with Gasteiger partial charge in [-0.05, 0) is 62.4 Å². The number of ketones is 1. The maximum atomic E-state index is 13.6. The highest BCUT2D eigenvalue weighted by molar-refractivity contribution is 5.88. The van der Waals surface area contributed by atoms with Crippen molar-refractivity contribution in [2.45, 2.75) is 63.4 Å². The topological polar surface area (TPSA) is 62.6 Å². The van der Waals surface area contributed by atoms with Gasteiger partial charge in [-0.25, -0.2) is 4.39 Å². The molecule has 1 aliphatic heterocycles. The first-order chi connectivity index (χ1) is 17.1. The van der Waals surface area contributed by atoms with Gasteiger partial charge in [-0.2, -0.15) is 5.26 Å². The van der Waals surface area contributed by atoms with Gasteiger partial charge in [0.1, 0.15) is 17.7 Å². The van der Waals surface area contributed by atoms with Crippen LogP contribution in [0.5, 0.6) is 11.5 Å². The van der Waals surface area contributed by atoms with Crippen molar-refractivity contribution < 1.29 is 18.7 Å². The number of benzene rings is 2. The SMILES string of the molecule is COc1cc(F)ccc1OC1CCN(CCC(C(=O)C2CCCCC2)c2ccccc2C#N)CC1. The summed E-state index contributed by atoms with van der Waals surface area (Å²) in [6.45, 7) is 2.56. The van der Waals surface area contributed by atoms with Crippen LogP contribution in [0.3, 0.4) is 0 Å². The van der Waals surface area contributed by atoms with Gasteiger partial charge in [-0.1, -0.05) is 37.5 Å². The Morgan fingerprint density at radius 3 is 2.54 bits per heavy atom. The molecule has 1 aliphatic carbocycles. The molecule has 0 spiro atoms. The van der Waals surface area contributed by atoms with Crippen molar-refractivity contribution in [1.29, 1.82) is 5.26 Å². The molecule has 2 aromatic rings. The highest BCUT2D eigenvalue weighted by Gasteiger charge is 2.31. The van der Waals surface area contributed by atoms with E-state index in [0.717, 1.165) is 70.1 Å². The van der Waals surface area contributed by atoms with Crippen molar-refractivity contribution in [1.82, 2.24) is 4.90 Å². The van der Waals surface area contributed by atoms with Gasteiger partial charge < -0.3 is 14.4 Å². The van der Waals surface area contributed by atoms with Crippen LogP contribution in [-0.4, -0.2) is 43.5 Å². The summed E-state index contributed by atoms with van der Waals surface area (Å²) in [7, 11) is 1.51. The minimum Gasteiger partial charge on any atom is -0.493 e. The second-order valence-electron chi connectivity index (χ2n) is 9.73. The molecule has 2 fully saturated rings. The molecule has 186 valence electrons. The number of hydrogen-bond donors (Lipinski definition) is 0. The maximum absolute atomic E-state index is 13.6. The predicted molar refractivity (Wildman–Crippen MR) is 133 cm³/mol.